The molecule has 0 radical (unpaired) electrons. The number of ether oxygens (including phenoxy) is 2. The largest absolute Gasteiger partial charge is 0.419 e. The third-order valence-electron chi connectivity index (χ3n) is 2.34. The van der Waals surface area contributed by atoms with Gasteiger partial charge in [0, 0.05) is 24.0 Å². The zero-order chi connectivity index (χ0) is 13.8. The van der Waals surface area contributed by atoms with Gasteiger partial charge in [-0.2, -0.15) is 0 Å². The fourth-order valence-electron chi connectivity index (χ4n) is 0.799. The Morgan fingerprint density at radius 1 is 1.00 bits per heavy atom. The minimum absolute atomic E-state index is 0.186. The lowest BCUT2D eigenvalue weighted by atomic mass is 10.0. The lowest BCUT2D eigenvalue weighted by Gasteiger charge is -2.32. The van der Waals surface area contributed by atoms with Crippen LogP contribution in [0.15, 0.2) is 24.3 Å². The molecule has 4 heteroatoms. The maximum absolute atomic E-state index is 11.5. The van der Waals surface area contributed by atoms with Crippen molar-refractivity contribution in [2.45, 2.75) is 40.4 Å². The van der Waals surface area contributed by atoms with Crippen molar-refractivity contribution in [3.05, 3.63) is 24.3 Å². The second kappa shape index (κ2) is 5.66. The van der Waals surface area contributed by atoms with Crippen LogP contribution < -0.4 is 0 Å². The Morgan fingerprint density at radius 3 is 1.47 bits per heavy atom. The van der Waals surface area contributed by atoms with Crippen molar-refractivity contribution in [2.24, 2.45) is 5.92 Å². The van der Waals surface area contributed by atoms with Gasteiger partial charge in [0.15, 0.2) is 0 Å². The zero-order valence-corrected chi connectivity index (χ0v) is 11.1. The zero-order valence-electron chi connectivity index (χ0n) is 11.1. The van der Waals surface area contributed by atoms with Gasteiger partial charge in [0.05, 0.1) is 0 Å². The molecule has 0 atom stereocenters. The molecular weight excluding hydrogens is 220 g/mol. The first-order chi connectivity index (χ1) is 7.60. The van der Waals surface area contributed by atoms with E-state index in [-0.39, 0.29) is 17.1 Å². The van der Waals surface area contributed by atoms with Crippen LogP contribution in [0.2, 0.25) is 0 Å². The maximum atomic E-state index is 11.5. The summed E-state index contributed by atoms with van der Waals surface area (Å²) in [6.45, 7) is 15.1. The van der Waals surface area contributed by atoms with E-state index >= 15 is 0 Å². The number of carbonyl (C=O) groups is 2. The van der Waals surface area contributed by atoms with Crippen LogP contribution in [0.4, 0.5) is 0 Å². The first-order valence-corrected chi connectivity index (χ1v) is 5.38. The van der Waals surface area contributed by atoms with Crippen LogP contribution in [-0.2, 0) is 19.1 Å². The van der Waals surface area contributed by atoms with Crippen molar-refractivity contribution in [1.29, 1.82) is 0 Å². The molecule has 0 aromatic heterocycles. The minimum atomic E-state index is -1.31. The summed E-state index contributed by atoms with van der Waals surface area (Å²) >= 11 is 0. The summed E-state index contributed by atoms with van der Waals surface area (Å²) in [4.78, 5) is 23.0. The molecule has 0 N–H and O–H groups in total. The van der Waals surface area contributed by atoms with Gasteiger partial charge in [-0.3, -0.25) is 0 Å². The van der Waals surface area contributed by atoms with Crippen LogP contribution in [0, 0.1) is 5.92 Å². The van der Waals surface area contributed by atoms with Gasteiger partial charge in [0.2, 0.25) is 0 Å². The molecule has 0 saturated carbocycles. The molecule has 0 aromatic carbocycles. The van der Waals surface area contributed by atoms with E-state index in [1.165, 1.54) is 13.8 Å². The Kier molecular flexibility index (Phi) is 5.13. The van der Waals surface area contributed by atoms with Gasteiger partial charge < -0.3 is 9.47 Å². The molecule has 17 heavy (non-hydrogen) atoms. The van der Waals surface area contributed by atoms with Gasteiger partial charge in [0.1, 0.15) is 0 Å². The highest BCUT2D eigenvalue weighted by atomic mass is 16.7. The van der Waals surface area contributed by atoms with E-state index in [1.54, 1.807) is 20.8 Å². The van der Waals surface area contributed by atoms with Gasteiger partial charge in [-0.05, 0) is 13.8 Å². The average Bonchev–Trinajstić information content (AvgIpc) is 2.16. The van der Waals surface area contributed by atoms with Gasteiger partial charge in [-0.15, -0.1) is 0 Å². The molecule has 0 saturated heterocycles. The monoisotopic (exact) mass is 240 g/mol. The first kappa shape index (κ1) is 15.4. The van der Waals surface area contributed by atoms with Gasteiger partial charge in [-0.25, -0.2) is 9.59 Å². The highest BCUT2D eigenvalue weighted by Gasteiger charge is 2.37. The lowest BCUT2D eigenvalue weighted by molar-refractivity contribution is -0.231. The summed E-state index contributed by atoms with van der Waals surface area (Å²) in [5.41, 5.74) is 0.506. The third kappa shape index (κ3) is 4.43. The molecule has 0 amide bonds. The lowest BCUT2D eigenvalue weighted by Crippen LogP contribution is -2.42. The van der Waals surface area contributed by atoms with Crippen LogP contribution >= 0.6 is 0 Å². The number of hydrogen-bond donors (Lipinski definition) is 0. The molecule has 0 aliphatic rings. The Morgan fingerprint density at radius 2 is 1.29 bits per heavy atom. The van der Waals surface area contributed by atoms with E-state index in [9.17, 15) is 9.59 Å². The summed E-state index contributed by atoms with van der Waals surface area (Å²) < 4.78 is 10.3. The van der Waals surface area contributed by atoms with E-state index in [0.29, 0.717) is 0 Å². The third-order valence-corrected chi connectivity index (χ3v) is 2.34. The SMILES string of the molecule is C=C(C)C(=O)OC(C)(OC(=O)C(=C)C)C(C)C. The number of esters is 2. The average molecular weight is 240 g/mol. The van der Waals surface area contributed by atoms with Crippen molar-refractivity contribution in [2.75, 3.05) is 0 Å². The number of rotatable bonds is 5. The Bertz CT molecular complexity index is 324. The fourth-order valence-corrected chi connectivity index (χ4v) is 0.799. The van der Waals surface area contributed by atoms with Gasteiger partial charge in [-0.1, -0.05) is 27.0 Å². The Balaban J connectivity index is 4.92. The van der Waals surface area contributed by atoms with E-state index < -0.39 is 17.7 Å². The van der Waals surface area contributed by atoms with Crippen LogP contribution in [-0.4, -0.2) is 17.7 Å². The normalized spacial score (nSPS) is 10.9. The summed E-state index contributed by atoms with van der Waals surface area (Å²) in [7, 11) is 0. The molecule has 4 nitrogen and oxygen atoms in total. The summed E-state index contributed by atoms with van der Waals surface area (Å²) in [6.07, 6.45) is 0. The molecule has 0 rings (SSSR count). The van der Waals surface area contributed by atoms with Crippen LogP contribution in [0.5, 0.6) is 0 Å². The Hall–Kier alpha value is -1.58. The molecule has 0 bridgehead atoms. The number of carbonyl (C=O) groups excluding carboxylic acids is 2. The topological polar surface area (TPSA) is 52.6 Å². The molecule has 96 valence electrons. The molecule has 0 heterocycles. The molecule has 0 aromatic rings. The van der Waals surface area contributed by atoms with E-state index in [0.717, 1.165) is 0 Å². The smallest absolute Gasteiger partial charge is 0.336 e. The molecule has 0 fully saturated rings. The molecular formula is C13H20O4. The second-order valence-electron chi connectivity index (χ2n) is 4.51. The van der Waals surface area contributed by atoms with E-state index in [1.807, 2.05) is 0 Å². The number of hydrogen-bond acceptors (Lipinski definition) is 4. The quantitative estimate of drug-likeness (QED) is 0.421. The van der Waals surface area contributed by atoms with Crippen molar-refractivity contribution in [1.82, 2.24) is 0 Å². The highest BCUT2D eigenvalue weighted by Crippen LogP contribution is 2.25. The predicted molar refractivity (Wildman–Crippen MR) is 65.1 cm³/mol. The van der Waals surface area contributed by atoms with Crippen molar-refractivity contribution < 1.29 is 19.1 Å². The summed E-state index contributed by atoms with van der Waals surface area (Å²) in [6, 6.07) is 0. The van der Waals surface area contributed by atoms with Gasteiger partial charge in [0.25, 0.3) is 5.79 Å². The van der Waals surface area contributed by atoms with Crippen LogP contribution in [0.1, 0.15) is 34.6 Å². The minimum Gasteiger partial charge on any atom is -0.419 e. The van der Waals surface area contributed by atoms with Crippen molar-refractivity contribution in [3.63, 3.8) is 0 Å². The first-order valence-electron chi connectivity index (χ1n) is 5.38. The fraction of sp³-hybridized carbons (Fsp3) is 0.538. The molecule has 0 aliphatic carbocycles. The Labute approximate surface area is 102 Å². The standard InChI is InChI=1S/C13H20O4/c1-8(2)11(14)16-13(7,10(5)6)17-12(15)9(3)4/h10H,1,3H2,2,4-7H3. The highest BCUT2D eigenvalue weighted by molar-refractivity contribution is 5.89. The maximum Gasteiger partial charge on any atom is 0.336 e. The molecule has 0 aliphatic heterocycles. The van der Waals surface area contributed by atoms with Crippen molar-refractivity contribution >= 4 is 11.9 Å². The molecule has 0 spiro atoms. The van der Waals surface area contributed by atoms with Crippen molar-refractivity contribution in [3.8, 4) is 0 Å². The van der Waals surface area contributed by atoms with E-state index in [4.69, 9.17) is 9.47 Å². The summed E-state index contributed by atoms with van der Waals surface area (Å²) in [5, 5.41) is 0. The van der Waals surface area contributed by atoms with E-state index in [2.05, 4.69) is 13.2 Å². The second-order valence-corrected chi connectivity index (χ2v) is 4.51. The van der Waals surface area contributed by atoms with Crippen LogP contribution in [0.25, 0.3) is 0 Å². The van der Waals surface area contributed by atoms with Crippen LogP contribution in [0.3, 0.4) is 0 Å². The summed E-state index contributed by atoms with van der Waals surface area (Å²) in [5.74, 6) is -2.67. The predicted octanol–water partition coefficient (Wildman–Crippen LogP) is 2.60. The van der Waals surface area contributed by atoms with Gasteiger partial charge >= 0.3 is 11.9 Å². The molecule has 0 unspecified atom stereocenters.